The normalized spacial score (nSPS) is 20.7. The second kappa shape index (κ2) is 10.3. The highest BCUT2D eigenvalue weighted by Crippen LogP contribution is 2.23. The lowest BCUT2D eigenvalue weighted by Crippen LogP contribution is -2.45. The van der Waals surface area contributed by atoms with Gasteiger partial charge in [-0.15, -0.1) is 0 Å². The number of carbonyl (C=O) groups is 3. The van der Waals surface area contributed by atoms with Crippen LogP contribution in [0.1, 0.15) is 24.8 Å². The molecule has 9 heteroatoms. The second-order valence-corrected chi connectivity index (χ2v) is 8.37. The molecule has 2 saturated heterocycles. The summed E-state index contributed by atoms with van der Waals surface area (Å²) in [5, 5.41) is 0.890. The third-order valence-corrected chi connectivity index (χ3v) is 6.35. The standard InChI is InChI=1S/C21H26Cl2N4O3/c22-16-5-3-15(14-17(16)23)4-6-19(28)26-9-7-20(29)27(13-12-26)11-10-25-8-1-2-18(25)21(24)30/h3-6,14,18H,1-2,7-13H2,(H2,24,30)/b6-4+/t18-/m0/s1. The van der Waals surface area contributed by atoms with Gasteiger partial charge in [0.05, 0.1) is 16.1 Å². The number of primary amides is 1. The Morgan fingerprint density at radius 1 is 1.10 bits per heavy atom. The van der Waals surface area contributed by atoms with Crippen LogP contribution in [0, 0.1) is 0 Å². The molecule has 2 fully saturated rings. The average molecular weight is 453 g/mol. The molecule has 30 heavy (non-hydrogen) atoms. The summed E-state index contributed by atoms with van der Waals surface area (Å²) in [4.78, 5) is 42.1. The zero-order chi connectivity index (χ0) is 21.7. The van der Waals surface area contributed by atoms with Crippen LogP contribution in [0.2, 0.25) is 10.0 Å². The van der Waals surface area contributed by atoms with E-state index in [0.717, 1.165) is 24.9 Å². The lowest BCUT2D eigenvalue weighted by Gasteiger charge is -2.27. The van der Waals surface area contributed by atoms with Gasteiger partial charge in [0.2, 0.25) is 17.7 Å². The summed E-state index contributed by atoms with van der Waals surface area (Å²) >= 11 is 11.9. The maximum Gasteiger partial charge on any atom is 0.246 e. The highest BCUT2D eigenvalue weighted by Gasteiger charge is 2.30. The molecular formula is C21H26Cl2N4O3. The van der Waals surface area contributed by atoms with Crippen molar-refractivity contribution in [2.24, 2.45) is 5.73 Å². The van der Waals surface area contributed by atoms with Crippen LogP contribution in [-0.4, -0.2) is 77.7 Å². The van der Waals surface area contributed by atoms with E-state index >= 15 is 0 Å². The van der Waals surface area contributed by atoms with Crippen LogP contribution in [0.3, 0.4) is 0 Å². The Hall–Kier alpha value is -2.09. The van der Waals surface area contributed by atoms with Crippen molar-refractivity contribution in [1.82, 2.24) is 14.7 Å². The minimum Gasteiger partial charge on any atom is -0.368 e. The molecule has 7 nitrogen and oxygen atoms in total. The molecular weight excluding hydrogens is 427 g/mol. The van der Waals surface area contributed by atoms with Crippen LogP contribution < -0.4 is 5.73 Å². The fraction of sp³-hybridized carbons (Fsp3) is 0.476. The Morgan fingerprint density at radius 3 is 2.63 bits per heavy atom. The highest BCUT2D eigenvalue weighted by atomic mass is 35.5. The second-order valence-electron chi connectivity index (χ2n) is 7.56. The van der Waals surface area contributed by atoms with Gasteiger partial charge in [-0.3, -0.25) is 19.3 Å². The Kier molecular flexibility index (Phi) is 7.75. The molecule has 0 unspecified atom stereocenters. The van der Waals surface area contributed by atoms with Crippen LogP contribution >= 0.6 is 23.2 Å². The van der Waals surface area contributed by atoms with Crippen molar-refractivity contribution < 1.29 is 14.4 Å². The summed E-state index contributed by atoms with van der Waals surface area (Å²) < 4.78 is 0. The van der Waals surface area contributed by atoms with E-state index in [-0.39, 0.29) is 30.2 Å². The van der Waals surface area contributed by atoms with Crippen molar-refractivity contribution in [1.29, 1.82) is 0 Å². The van der Waals surface area contributed by atoms with Gasteiger partial charge in [0.25, 0.3) is 0 Å². The fourth-order valence-corrected chi connectivity index (χ4v) is 4.18. The molecule has 2 aliphatic rings. The number of nitrogens with two attached hydrogens (primary N) is 1. The summed E-state index contributed by atoms with van der Waals surface area (Å²) in [6, 6.07) is 4.92. The number of likely N-dealkylation sites (tertiary alicyclic amines) is 1. The van der Waals surface area contributed by atoms with Gasteiger partial charge < -0.3 is 15.5 Å². The molecule has 0 aliphatic carbocycles. The molecule has 162 valence electrons. The number of halogens is 2. The first-order chi connectivity index (χ1) is 14.3. The van der Waals surface area contributed by atoms with Gasteiger partial charge in [0, 0.05) is 45.2 Å². The maximum absolute atomic E-state index is 12.6. The SMILES string of the molecule is NC(=O)[C@@H]1CCCN1CCN1CCN(C(=O)/C=C/c2ccc(Cl)c(Cl)c2)CCC1=O. The van der Waals surface area contributed by atoms with Gasteiger partial charge in [-0.2, -0.15) is 0 Å². The highest BCUT2D eigenvalue weighted by molar-refractivity contribution is 6.42. The molecule has 2 heterocycles. The molecule has 0 bridgehead atoms. The summed E-state index contributed by atoms with van der Waals surface area (Å²) in [6.45, 7) is 3.29. The van der Waals surface area contributed by atoms with Crippen molar-refractivity contribution in [3.8, 4) is 0 Å². The van der Waals surface area contributed by atoms with Crippen molar-refractivity contribution in [2.45, 2.75) is 25.3 Å². The van der Waals surface area contributed by atoms with Crippen molar-refractivity contribution in [2.75, 3.05) is 39.3 Å². The summed E-state index contributed by atoms with van der Waals surface area (Å²) in [5.74, 6) is -0.433. The van der Waals surface area contributed by atoms with E-state index in [4.69, 9.17) is 28.9 Å². The van der Waals surface area contributed by atoms with Crippen LogP contribution in [0.25, 0.3) is 6.08 Å². The summed E-state index contributed by atoms with van der Waals surface area (Å²) in [5.41, 5.74) is 6.24. The predicted molar refractivity (Wildman–Crippen MR) is 117 cm³/mol. The van der Waals surface area contributed by atoms with Gasteiger partial charge in [0.15, 0.2) is 0 Å². The Morgan fingerprint density at radius 2 is 1.90 bits per heavy atom. The Bertz CT molecular complexity index is 846. The number of carbonyl (C=O) groups excluding carboxylic acids is 3. The van der Waals surface area contributed by atoms with Gasteiger partial charge in [-0.05, 0) is 43.2 Å². The Balaban J connectivity index is 1.53. The summed E-state index contributed by atoms with van der Waals surface area (Å²) in [7, 11) is 0. The van der Waals surface area contributed by atoms with Gasteiger partial charge in [-0.25, -0.2) is 0 Å². The van der Waals surface area contributed by atoms with Crippen LogP contribution in [0.4, 0.5) is 0 Å². The lowest BCUT2D eigenvalue weighted by molar-refractivity contribution is -0.130. The van der Waals surface area contributed by atoms with Crippen molar-refractivity contribution >= 4 is 47.0 Å². The zero-order valence-corrected chi connectivity index (χ0v) is 18.2. The molecule has 2 aliphatic heterocycles. The first-order valence-electron chi connectivity index (χ1n) is 10.1. The number of hydrogen-bond acceptors (Lipinski definition) is 4. The third kappa shape index (κ3) is 5.74. The monoisotopic (exact) mass is 452 g/mol. The quantitative estimate of drug-likeness (QED) is 0.668. The predicted octanol–water partition coefficient (Wildman–Crippen LogP) is 2.02. The zero-order valence-electron chi connectivity index (χ0n) is 16.7. The van der Waals surface area contributed by atoms with Crippen LogP contribution in [0.5, 0.6) is 0 Å². The van der Waals surface area contributed by atoms with Crippen molar-refractivity contribution in [3.05, 3.63) is 39.9 Å². The Labute approximate surface area is 186 Å². The average Bonchev–Trinajstić information content (AvgIpc) is 3.11. The molecule has 0 radical (unpaired) electrons. The number of benzene rings is 1. The molecule has 0 aromatic heterocycles. The largest absolute Gasteiger partial charge is 0.368 e. The smallest absolute Gasteiger partial charge is 0.246 e. The van der Waals surface area contributed by atoms with Crippen LogP contribution in [0.15, 0.2) is 24.3 Å². The molecule has 3 rings (SSSR count). The lowest BCUT2D eigenvalue weighted by atomic mass is 10.2. The van der Waals surface area contributed by atoms with Gasteiger partial charge >= 0.3 is 0 Å². The van der Waals surface area contributed by atoms with Crippen molar-refractivity contribution in [3.63, 3.8) is 0 Å². The van der Waals surface area contributed by atoms with E-state index in [9.17, 15) is 14.4 Å². The molecule has 1 atom stereocenters. The summed E-state index contributed by atoms with van der Waals surface area (Å²) in [6.07, 6.45) is 5.17. The topological polar surface area (TPSA) is 87.0 Å². The van der Waals surface area contributed by atoms with E-state index in [1.54, 1.807) is 34.1 Å². The van der Waals surface area contributed by atoms with E-state index in [0.29, 0.717) is 42.8 Å². The molecule has 3 amide bonds. The van der Waals surface area contributed by atoms with E-state index in [1.807, 2.05) is 4.90 Å². The van der Waals surface area contributed by atoms with E-state index in [2.05, 4.69) is 0 Å². The minimum absolute atomic E-state index is 0.0218. The number of amides is 3. The number of rotatable bonds is 6. The first-order valence-corrected chi connectivity index (χ1v) is 10.8. The maximum atomic E-state index is 12.6. The molecule has 0 spiro atoms. The van der Waals surface area contributed by atoms with Gasteiger partial charge in [0.1, 0.15) is 0 Å². The fourth-order valence-electron chi connectivity index (χ4n) is 3.88. The van der Waals surface area contributed by atoms with Crippen LogP contribution in [-0.2, 0) is 14.4 Å². The first kappa shape index (κ1) is 22.6. The molecule has 2 N–H and O–H groups in total. The minimum atomic E-state index is -0.305. The van der Waals surface area contributed by atoms with E-state index in [1.165, 1.54) is 6.08 Å². The third-order valence-electron chi connectivity index (χ3n) is 5.61. The van der Waals surface area contributed by atoms with E-state index < -0.39 is 0 Å². The number of nitrogens with zero attached hydrogens (tertiary/aromatic N) is 3. The molecule has 0 saturated carbocycles. The number of hydrogen-bond donors (Lipinski definition) is 1. The molecule has 1 aromatic rings. The van der Waals surface area contributed by atoms with Gasteiger partial charge in [-0.1, -0.05) is 29.3 Å². The molecule has 1 aromatic carbocycles.